The monoisotopic (exact) mass is 352 g/mol. The molecule has 0 saturated carbocycles. The van der Waals surface area contributed by atoms with E-state index in [0.717, 1.165) is 0 Å². The molecule has 4 aromatic carbocycles. The molecule has 0 bridgehead atoms. The van der Waals surface area contributed by atoms with E-state index in [0.29, 0.717) is 0 Å². The molecule has 0 heteroatoms. The van der Waals surface area contributed by atoms with Gasteiger partial charge in [0.15, 0.2) is 0 Å². The lowest BCUT2D eigenvalue weighted by Crippen LogP contribution is -1.97. The number of rotatable bonds is 4. The van der Waals surface area contributed by atoms with Crippen LogP contribution in [0.3, 0.4) is 0 Å². The first-order chi connectivity index (χ1) is 21.2. The topological polar surface area (TPSA) is 0 Å². The molecule has 0 spiro atoms. The normalized spacial score (nSPS) is 21.1. The molecule has 4 rings (SSSR count). The van der Waals surface area contributed by atoms with Crippen molar-refractivity contribution < 1.29 is 27.4 Å². The van der Waals surface area contributed by atoms with Crippen molar-refractivity contribution in [3.63, 3.8) is 0 Å². The van der Waals surface area contributed by atoms with E-state index in [1.165, 1.54) is 0 Å². The second kappa shape index (κ2) is 7.67. The fourth-order valence-corrected chi connectivity index (χ4v) is 2.25. The van der Waals surface area contributed by atoms with E-state index in [-0.39, 0.29) is 0 Å². The highest BCUT2D eigenvalue weighted by atomic mass is 14.2. The molecule has 0 atom stereocenters. The molecule has 0 N–H and O–H groups in total. The molecule has 0 aliphatic rings. The van der Waals surface area contributed by atoms with Crippen LogP contribution < -0.4 is 0 Å². The lowest BCUT2D eigenvalue weighted by Gasteiger charge is -2.18. The van der Waals surface area contributed by atoms with Crippen LogP contribution in [0.2, 0.25) is 0 Å². The maximum Gasteiger partial charge on any atom is 0.0629 e. The molecule has 124 valence electrons. The van der Waals surface area contributed by atoms with Crippen molar-refractivity contribution in [1.82, 2.24) is 0 Å². The van der Waals surface area contributed by atoms with Crippen molar-refractivity contribution in [1.29, 1.82) is 0 Å². The van der Waals surface area contributed by atoms with Gasteiger partial charge in [0.2, 0.25) is 0 Å². The van der Waals surface area contributed by atoms with E-state index >= 15 is 0 Å². The minimum Gasteiger partial charge on any atom is -0.0622 e. The zero-order valence-electron chi connectivity index (χ0n) is 33.0. The summed E-state index contributed by atoms with van der Waals surface area (Å²) in [5.41, 5.74) is -5.41. The maximum atomic E-state index is 8.72. The average Bonchev–Trinajstić information content (AvgIpc) is 3.03. The first-order valence-electron chi connectivity index (χ1n) is 17.2. The summed E-state index contributed by atoms with van der Waals surface area (Å²) in [7, 11) is 0. The largest absolute Gasteiger partial charge is 0.0629 e. The molecule has 0 radical (unpaired) electrons. The summed E-state index contributed by atoms with van der Waals surface area (Å²) in [6.45, 7) is 0. The summed E-state index contributed by atoms with van der Waals surface area (Å²) >= 11 is 0. The molecule has 0 saturated heterocycles. The predicted molar refractivity (Wildman–Crippen MR) is 111 cm³/mol. The fraction of sp³-hybridized carbons (Fsp3) is 0. The van der Waals surface area contributed by atoms with Crippen LogP contribution in [0.5, 0.6) is 0 Å². The molecule has 26 heavy (non-hydrogen) atoms. The SMILES string of the molecule is [2H]c1c([2H])c([2H])c(C(=C(c2c([2H])c([2H])c([2H])c([2H])c2[2H])c2c([2H])c([2H])c([2H])c([2H])c2[2H])c2c([2H])c([2H])c([2H])c([2H])c2[2H])c([2H])c1[2H]. The molecular weight excluding hydrogens is 312 g/mol. The molecule has 0 nitrogen and oxygen atoms in total. The quantitative estimate of drug-likeness (QED) is 0.359. The van der Waals surface area contributed by atoms with Crippen LogP contribution in [0.25, 0.3) is 11.1 Å². The van der Waals surface area contributed by atoms with Gasteiger partial charge in [-0.1, -0.05) is 121 Å². The Bertz CT molecular complexity index is 1640. The van der Waals surface area contributed by atoms with Gasteiger partial charge in [0.1, 0.15) is 0 Å². The second-order valence-electron chi connectivity index (χ2n) is 4.75. The van der Waals surface area contributed by atoms with Crippen LogP contribution in [0.4, 0.5) is 0 Å². The van der Waals surface area contributed by atoms with Crippen molar-refractivity contribution in [2.24, 2.45) is 0 Å². The number of benzene rings is 4. The predicted octanol–water partition coefficient (Wildman–Crippen LogP) is 6.69. The van der Waals surface area contributed by atoms with E-state index in [1.54, 1.807) is 0 Å². The number of hydrogen-bond acceptors (Lipinski definition) is 0. The van der Waals surface area contributed by atoms with E-state index < -0.39 is 154 Å². The van der Waals surface area contributed by atoms with Gasteiger partial charge in [-0.2, -0.15) is 0 Å². The van der Waals surface area contributed by atoms with Gasteiger partial charge in [0.25, 0.3) is 0 Å². The molecule has 0 fully saturated rings. The van der Waals surface area contributed by atoms with Crippen LogP contribution in [-0.4, -0.2) is 0 Å². The standard InChI is InChI=1S/C26H20/c1-5-13-21(14-6-1)25(22-15-7-2-8-16-22)26(23-17-9-3-10-18-23)24-19-11-4-12-20-24/h1-20H/i1D,2D,3D,4D,5D,6D,7D,8D,9D,10D,11D,12D,13D,14D,15D,16D,17D,18D,19D,20D. The Labute approximate surface area is 183 Å². The third-order valence-corrected chi connectivity index (χ3v) is 3.25. The van der Waals surface area contributed by atoms with Crippen LogP contribution in [0, 0.1) is 0 Å². The summed E-state index contributed by atoms with van der Waals surface area (Å²) in [4.78, 5) is 0. The number of hydrogen-bond donors (Lipinski definition) is 0. The zero-order valence-corrected chi connectivity index (χ0v) is 13.0. The van der Waals surface area contributed by atoms with Gasteiger partial charge in [-0.25, -0.2) is 0 Å². The smallest absolute Gasteiger partial charge is 0.0622 e. The van der Waals surface area contributed by atoms with Crippen LogP contribution in [0.1, 0.15) is 49.7 Å². The van der Waals surface area contributed by atoms with Crippen molar-refractivity contribution in [3.05, 3.63) is 143 Å². The van der Waals surface area contributed by atoms with E-state index in [4.69, 9.17) is 27.4 Å². The third kappa shape index (κ3) is 3.36. The van der Waals surface area contributed by atoms with E-state index in [2.05, 4.69) is 0 Å². The van der Waals surface area contributed by atoms with Gasteiger partial charge in [-0.3, -0.25) is 0 Å². The summed E-state index contributed by atoms with van der Waals surface area (Å²) in [6.07, 6.45) is 0. The Balaban J connectivity index is 2.63. The van der Waals surface area contributed by atoms with Gasteiger partial charge >= 0.3 is 0 Å². The van der Waals surface area contributed by atoms with Crippen molar-refractivity contribution >= 4 is 11.1 Å². The lowest BCUT2D eigenvalue weighted by atomic mass is 9.86. The van der Waals surface area contributed by atoms with Gasteiger partial charge < -0.3 is 0 Å². The van der Waals surface area contributed by atoms with Crippen LogP contribution in [0.15, 0.2) is 121 Å². The lowest BCUT2D eigenvalue weighted by molar-refractivity contribution is 1.50. The molecule has 0 aliphatic heterocycles. The van der Waals surface area contributed by atoms with Gasteiger partial charge in [0.05, 0.1) is 27.4 Å². The molecule has 4 aromatic rings. The summed E-state index contributed by atoms with van der Waals surface area (Å²) in [5, 5.41) is 0. The third-order valence-electron chi connectivity index (χ3n) is 3.25. The molecular formula is C26H20. The van der Waals surface area contributed by atoms with Gasteiger partial charge in [-0.05, 0) is 33.4 Å². The minimum atomic E-state index is -1.02. The van der Waals surface area contributed by atoms with Crippen LogP contribution >= 0.6 is 0 Å². The average molecular weight is 353 g/mol. The summed E-state index contributed by atoms with van der Waals surface area (Å²) in [5.74, 6) is 0. The highest BCUT2D eigenvalue weighted by molar-refractivity contribution is 6.04. The van der Waals surface area contributed by atoms with Crippen molar-refractivity contribution in [2.45, 2.75) is 0 Å². The fourth-order valence-electron chi connectivity index (χ4n) is 2.25. The molecule has 0 aromatic heterocycles. The zero-order chi connectivity index (χ0) is 35.0. The molecule has 0 heterocycles. The van der Waals surface area contributed by atoms with Gasteiger partial charge in [0, 0.05) is 0 Å². The minimum absolute atomic E-state index is 0.891. The highest BCUT2D eigenvalue weighted by Gasteiger charge is 2.15. The molecule has 0 aliphatic carbocycles. The first kappa shape index (κ1) is 5.08. The Morgan fingerprint density at radius 2 is 0.538 bits per heavy atom. The Hall–Kier alpha value is -3.38. The Kier molecular flexibility index (Phi) is 1.50. The second-order valence-corrected chi connectivity index (χ2v) is 4.75. The Morgan fingerprint density at radius 3 is 0.731 bits per heavy atom. The van der Waals surface area contributed by atoms with Gasteiger partial charge in [-0.15, -0.1) is 0 Å². The highest BCUT2D eigenvalue weighted by Crippen LogP contribution is 2.36. The van der Waals surface area contributed by atoms with E-state index in [9.17, 15) is 0 Å². The Morgan fingerprint density at radius 1 is 0.346 bits per heavy atom. The van der Waals surface area contributed by atoms with Crippen LogP contribution in [-0.2, 0) is 0 Å². The van der Waals surface area contributed by atoms with E-state index in [1.807, 2.05) is 0 Å². The summed E-state index contributed by atoms with van der Waals surface area (Å²) < 4.78 is 168. The summed E-state index contributed by atoms with van der Waals surface area (Å²) in [6, 6.07) is -19.5. The van der Waals surface area contributed by atoms with Crippen molar-refractivity contribution in [3.8, 4) is 0 Å². The van der Waals surface area contributed by atoms with Crippen molar-refractivity contribution in [2.75, 3.05) is 0 Å². The first-order valence-corrected chi connectivity index (χ1v) is 7.25. The molecule has 0 unspecified atom stereocenters. The molecule has 0 amide bonds. The maximum absolute atomic E-state index is 8.72.